The molecule has 0 saturated carbocycles. The van der Waals surface area contributed by atoms with E-state index in [9.17, 15) is 0 Å². The second kappa shape index (κ2) is 7.06. The minimum absolute atomic E-state index is 0. The van der Waals surface area contributed by atoms with Gasteiger partial charge in [-0.05, 0) is 8.07 Å². The van der Waals surface area contributed by atoms with Gasteiger partial charge in [0.15, 0.2) is 0 Å². The molecule has 0 nitrogen and oxygen atoms in total. The molecular weight excluding hydrogens is 219 g/mol. The predicted octanol–water partition coefficient (Wildman–Crippen LogP) is 1.90. The summed E-state index contributed by atoms with van der Waals surface area (Å²) in [5.74, 6) is 0. The molecule has 0 saturated heterocycles. The van der Waals surface area contributed by atoms with E-state index in [0.29, 0.717) is 0 Å². The van der Waals surface area contributed by atoms with E-state index in [1.54, 1.807) is 0 Å². The third kappa shape index (κ3) is 12.6. The fourth-order valence-corrected chi connectivity index (χ4v) is 4.92. The first-order chi connectivity index (χ1) is 6.49. The van der Waals surface area contributed by atoms with Gasteiger partial charge in [-0.15, -0.1) is 0 Å². The Labute approximate surface area is 117 Å². The zero-order valence-electron chi connectivity index (χ0n) is 12.8. The van der Waals surface area contributed by atoms with E-state index in [0.717, 1.165) is 0 Å². The zero-order valence-corrected chi connectivity index (χ0v) is 14.8. The molecular formula is C13H27LiSi2. The summed E-state index contributed by atoms with van der Waals surface area (Å²) in [5, 5.41) is 0. The maximum atomic E-state index is 3.63. The fraction of sp³-hybridized carbons (Fsp3) is 0.692. The molecule has 0 aliphatic heterocycles. The number of allylic oxidation sites excluding steroid dienone is 3. The molecule has 0 bridgehead atoms. The van der Waals surface area contributed by atoms with E-state index < -0.39 is 16.1 Å². The summed E-state index contributed by atoms with van der Waals surface area (Å²) in [6, 6.07) is 1.30. The Bertz CT molecular complexity index is 265. The fourth-order valence-electron chi connectivity index (χ4n) is 1.88. The third-order valence-corrected chi connectivity index (χ3v) is 4.61. The van der Waals surface area contributed by atoms with Crippen LogP contribution in [-0.2, 0) is 0 Å². The van der Waals surface area contributed by atoms with E-state index in [4.69, 9.17) is 0 Å². The molecule has 0 aromatic carbocycles. The van der Waals surface area contributed by atoms with Crippen molar-refractivity contribution in [3.63, 3.8) is 0 Å². The van der Waals surface area contributed by atoms with Crippen LogP contribution in [0.2, 0.25) is 45.3 Å². The smallest absolute Gasteiger partial charge is 0.276 e. The molecule has 0 N–H and O–H groups in total. The van der Waals surface area contributed by atoms with Crippen molar-refractivity contribution in [2.24, 2.45) is 0 Å². The van der Waals surface area contributed by atoms with Crippen molar-refractivity contribution in [2.45, 2.75) is 59.2 Å². The van der Waals surface area contributed by atoms with Crippen LogP contribution in [-0.4, -0.2) is 16.1 Å². The number of hydrogen-bond donors (Lipinski definition) is 0. The van der Waals surface area contributed by atoms with Crippen LogP contribution in [0.15, 0.2) is 17.2 Å². The molecule has 0 unspecified atom stereocenters. The summed E-state index contributed by atoms with van der Waals surface area (Å²) in [7, 11) is -2.11. The Hall–Kier alpha value is 0.511. The van der Waals surface area contributed by atoms with Crippen molar-refractivity contribution in [2.75, 3.05) is 0 Å². The van der Waals surface area contributed by atoms with Crippen molar-refractivity contribution in [3.8, 4) is 0 Å². The molecule has 16 heavy (non-hydrogen) atoms. The predicted molar refractivity (Wildman–Crippen MR) is 77.7 cm³/mol. The monoisotopic (exact) mass is 246 g/mol. The van der Waals surface area contributed by atoms with Crippen LogP contribution in [0.1, 0.15) is 13.8 Å². The van der Waals surface area contributed by atoms with Crippen LogP contribution in [0.3, 0.4) is 0 Å². The van der Waals surface area contributed by atoms with Crippen molar-refractivity contribution >= 4 is 16.1 Å². The van der Waals surface area contributed by atoms with Crippen molar-refractivity contribution in [1.82, 2.24) is 0 Å². The molecule has 0 radical (unpaired) electrons. The van der Waals surface area contributed by atoms with Gasteiger partial charge in [0.1, 0.15) is 0 Å². The summed E-state index contributed by atoms with van der Waals surface area (Å²) in [6.07, 6.45) is 2.33. The average molecular weight is 246 g/mol. The van der Waals surface area contributed by atoms with Crippen LogP contribution < -0.4 is 18.9 Å². The topological polar surface area (TPSA) is 0 Å². The normalized spacial score (nSPS) is 14.8. The van der Waals surface area contributed by atoms with Crippen LogP contribution in [0.5, 0.6) is 0 Å². The maximum absolute atomic E-state index is 3.63. The molecule has 0 fully saturated rings. The second-order valence-corrected chi connectivity index (χ2v) is 17.0. The van der Waals surface area contributed by atoms with E-state index in [1.807, 2.05) is 0 Å². The molecule has 0 atom stereocenters. The average Bonchev–Trinajstić information content (AvgIpc) is 1.73. The molecule has 0 aliphatic carbocycles. The van der Waals surface area contributed by atoms with Gasteiger partial charge in [-0.25, -0.2) is 11.6 Å². The quantitative estimate of drug-likeness (QED) is 0.404. The van der Waals surface area contributed by atoms with Gasteiger partial charge in [0.05, 0.1) is 0 Å². The van der Waals surface area contributed by atoms with Gasteiger partial charge in [0, 0.05) is 8.07 Å². The Balaban J connectivity index is 0. The first-order valence-corrected chi connectivity index (χ1v) is 13.0. The van der Waals surface area contributed by atoms with Gasteiger partial charge < -0.3 is 0 Å². The van der Waals surface area contributed by atoms with E-state index >= 15 is 0 Å². The second-order valence-electron chi connectivity index (χ2n) is 6.79. The van der Waals surface area contributed by atoms with Crippen LogP contribution >= 0.6 is 0 Å². The zero-order chi connectivity index (χ0) is 12.3. The molecule has 0 spiro atoms. The first-order valence-electron chi connectivity index (χ1n) is 5.78. The minimum Gasteiger partial charge on any atom is -0.276 e. The summed E-state index contributed by atoms with van der Waals surface area (Å²) in [4.78, 5) is 0. The molecule has 0 aromatic heterocycles. The molecule has 0 amide bonds. The SMILES string of the molecule is CC(=[C-][Si](C)(C)C)C=C(C)C[Si](C)(C)C.[Li+]. The van der Waals surface area contributed by atoms with E-state index in [-0.39, 0.29) is 18.9 Å². The summed E-state index contributed by atoms with van der Waals surface area (Å²) in [5.41, 5.74) is 6.49. The summed E-state index contributed by atoms with van der Waals surface area (Å²) >= 11 is 0. The van der Waals surface area contributed by atoms with E-state index in [1.165, 1.54) is 17.2 Å². The van der Waals surface area contributed by atoms with Crippen LogP contribution in [0, 0.1) is 5.70 Å². The number of hydrogen-bond acceptors (Lipinski definition) is 0. The molecule has 0 aliphatic rings. The van der Waals surface area contributed by atoms with Crippen molar-refractivity contribution < 1.29 is 18.9 Å². The Morgan fingerprint density at radius 3 is 1.75 bits per heavy atom. The number of rotatable bonds is 4. The van der Waals surface area contributed by atoms with Crippen molar-refractivity contribution in [1.29, 1.82) is 0 Å². The van der Waals surface area contributed by atoms with Gasteiger partial charge in [0.2, 0.25) is 0 Å². The first kappa shape index (κ1) is 18.9. The van der Waals surface area contributed by atoms with Gasteiger partial charge in [-0.3, -0.25) is 5.70 Å². The summed E-state index contributed by atoms with van der Waals surface area (Å²) in [6.45, 7) is 18.7. The standard InChI is InChI=1S/C13H27Si2.Li/c1-12(10-14(3,4)5)9-13(2)11-15(6,7)8;/h9H,10H2,1-8H3;/q-1;+1. The minimum atomic E-state index is -1.17. The van der Waals surface area contributed by atoms with Gasteiger partial charge in [0.25, 0.3) is 0 Å². The molecule has 0 heterocycles. The Morgan fingerprint density at radius 2 is 1.44 bits per heavy atom. The van der Waals surface area contributed by atoms with Gasteiger partial charge in [-0.1, -0.05) is 59.2 Å². The third-order valence-electron chi connectivity index (χ3n) is 1.84. The maximum Gasteiger partial charge on any atom is 1.00 e. The van der Waals surface area contributed by atoms with Crippen LogP contribution in [0.25, 0.3) is 0 Å². The summed E-state index contributed by atoms with van der Waals surface area (Å²) < 4.78 is 0. The molecule has 0 aromatic rings. The molecule has 88 valence electrons. The van der Waals surface area contributed by atoms with Gasteiger partial charge >= 0.3 is 18.9 Å². The largest absolute Gasteiger partial charge is 1.00 e. The van der Waals surface area contributed by atoms with E-state index in [2.05, 4.69) is 64.9 Å². The molecule has 0 rings (SSSR count). The van der Waals surface area contributed by atoms with Crippen LogP contribution in [0.4, 0.5) is 0 Å². The molecule has 3 heteroatoms. The Morgan fingerprint density at radius 1 is 1.00 bits per heavy atom. The van der Waals surface area contributed by atoms with Crippen molar-refractivity contribution in [3.05, 3.63) is 22.9 Å². The van der Waals surface area contributed by atoms with Gasteiger partial charge in [-0.2, -0.15) is 5.57 Å². The Kier molecular flexibility index (Phi) is 8.32.